The lowest BCUT2D eigenvalue weighted by atomic mass is 9.98. The number of hydrogen-bond donors (Lipinski definition) is 2. The van der Waals surface area contributed by atoms with Crippen molar-refractivity contribution in [3.05, 3.63) is 47.1 Å². The number of carbonyl (C=O) groups excluding carboxylic acids is 1. The highest BCUT2D eigenvalue weighted by molar-refractivity contribution is 7.13. The third-order valence-electron chi connectivity index (χ3n) is 5.86. The van der Waals surface area contributed by atoms with Gasteiger partial charge in [0, 0.05) is 44.6 Å². The van der Waals surface area contributed by atoms with E-state index in [2.05, 4.69) is 27.2 Å². The summed E-state index contributed by atoms with van der Waals surface area (Å²) in [5.74, 6) is -1.03. The first-order valence-electron chi connectivity index (χ1n) is 10.6. The van der Waals surface area contributed by atoms with E-state index in [1.807, 2.05) is 0 Å². The number of methoxy groups -OCH3 is 1. The molecule has 33 heavy (non-hydrogen) atoms. The van der Waals surface area contributed by atoms with Crippen molar-refractivity contribution in [3.63, 3.8) is 0 Å². The van der Waals surface area contributed by atoms with Gasteiger partial charge in [0.2, 0.25) is 0 Å². The summed E-state index contributed by atoms with van der Waals surface area (Å²) in [6.07, 6.45) is 2.24. The Balaban J connectivity index is 1.56. The van der Waals surface area contributed by atoms with Gasteiger partial charge in [-0.05, 0) is 18.6 Å². The molecule has 2 aromatic heterocycles. The van der Waals surface area contributed by atoms with Gasteiger partial charge in [-0.1, -0.05) is 13.0 Å². The fraction of sp³-hybridized carbons (Fsp3) is 0.409. The average molecular weight is 477 g/mol. The van der Waals surface area contributed by atoms with E-state index in [-0.39, 0.29) is 34.3 Å². The molecule has 0 unspecified atom stereocenters. The molecule has 3 aromatic rings. The van der Waals surface area contributed by atoms with Gasteiger partial charge in [-0.25, -0.2) is 13.8 Å². The Hall–Kier alpha value is -2.89. The molecule has 1 fully saturated rings. The standard InChI is InChI=1S/C22H26F2N6O2S/c1-12-10-30(8-7-15(25)19(12)32-3)22-16(9-26-29(22)2)27-20(31)17-11-33-21(28-17)18-13(23)5-4-6-14(18)24/h4-6,9,11-12,15,19H,7-8,10,25H2,1-3H3,(H,27,31)/t12-,15+,19+/m1/s1. The largest absolute Gasteiger partial charge is 0.379 e. The molecule has 8 nitrogen and oxygen atoms in total. The zero-order valence-corrected chi connectivity index (χ0v) is 19.4. The van der Waals surface area contributed by atoms with Gasteiger partial charge in [-0.3, -0.25) is 9.48 Å². The normalized spacial score (nSPS) is 21.2. The van der Waals surface area contributed by atoms with Crippen molar-refractivity contribution in [1.29, 1.82) is 0 Å². The molecule has 1 aromatic carbocycles. The maximum absolute atomic E-state index is 14.1. The molecule has 0 bridgehead atoms. The van der Waals surface area contributed by atoms with Crippen molar-refractivity contribution < 1.29 is 18.3 Å². The van der Waals surface area contributed by atoms with Gasteiger partial charge in [0.25, 0.3) is 5.91 Å². The molecule has 1 aliphatic heterocycles. The molecule has 3 N–H and O–H groups in total. The Morgan fingerprint density at radius 2 is 2.06 bits per heavy atom. The van der Waals surface area contributed by atoms with E-state index < -0.39 is 17.5 Å². The number of halogens is 2. The predicted molar refractivity (Wildman–Crippen MR) is 123 cm³/mol. The summed E-state index contributed by atoms with van der Waals surface area (Å²) < 4.78 is 35.5. The highest BCUT2D eigenvalue weighted by Crippen LogP contribution is 2.32. The van der Waals surface area contributed by atoms with Crippen LogP contribution < -0.4 is 16.0 Å². The lowest BCUT2D eigenvalue weighted by molar-refractivity contribution is 0.0447. The van der Waals surface area contributed by atoms with E-state index in [4.69, 9.17) is 10.5 Å². The van der Waals surface area contributed by atoms with Gasteiger partial charge in [0.15, 0.2) is 5.82 Å². The number of benzene rings is 1. The number of amides is 1. The number of rotatable bonds is 5. The smallest absolute Gasteiger partial charge is 0.275 e. The maximum Gasteiger partial charge on any atom is 0.275 e. The van der Waals surface area contributed by atoms with Crippen LogP contribution in [0.3, 0.4) is 0 Å². The predicted octanol–water partition coefficient (Wildman–Crippen LogP) is 3.26. The summed E-state index contributed by atoms with van der Waals surface area (Å²) in [5, 5.41) is 8.73. The van der Waals surface area contributed by atoms with Crippen molar-refractivity contribution >= 4 is 28.7 Å². The summed E-state index contributed by atoms with van der Waals surface area (Å²) in [6.45, 7) is 3.45. The number of ether oxygens (including phenoxy) is 1. The van der Waals surface area contributed by atoms with Crippen molar-refractivity contribution in [1.82, 2.24) is 14.8 Å². The average Bonchev–Trinajstić information content (AvgIpc) is 3.35. The van der Waals surface area contributed by atoms with E-state index in [1.165, 1.54) is 11.4 Å². The number of nitrogens with two attached hydrogens (primary N) is 1. The molecule has 0 spiro atoms. The fourth-order valence-electron chi connectivity index (χ4n) is 4.31. The first kappa shape index (κ1) is 23.3. The second kappa shape index (κ2) is 9.54. The Morgan fingerprint density at radius 1 is 1.33 bits per heavy atom. The Bertz CT molecular complexity index is 1130. The summed E-state index contributed by atoms with van der Waals surface area (Å²) in [6, 6.07) is 3.51. The van der Waals surface area contributed by atoms with Gasteiger partial charge >= 0.3 is 0 Å². The van der Waals surface area contributed by atoms with Gasteiger partial charge < -0.3 is 20.7 Å². The first-order valence-corrected chi connectivity index (χ1v) is 11.4. The molecule has 4 rings (SSSR count). The Labute approximate surface area is 194 Å². The van der Waals surface area contributed by atoms with Gasteiger partial charge in [0.1, 0.15) is 28.0 Å². The summed E-state index contributed by atoms with van der Waals surface area (Å²) in [4.78, 5) is 19.2. The summed E-state index contributed by atoms with van der Waals surface area (Å²) in [7, 11) is 3.47. The SMILES string of the molecule is CO[C@H]1[C@H](C)CN(c2c(NC(=O)c3csc(-c4c(F)cccc4F)n3)cnn2C)CC[C@@H]1N. The monoisotopic (exact) mass is 476 g/mol. The number of aromatic nitrogens is 3. The van der Waals surface area contributed by atoms with Crippen molar-refractivity contribution in [2.75, 3.05) is 30.4 Å². The maximum atomic E-state index is 14.1. The highest BCUT2D eigenvalue weighted by atomic mass is 32.1. The molecule has 176 valence electrons. The van der Waals surface area contributed by atoms with Crippen LogP contribution in [0.5, 0.6) is 0 Å². The van der Waals surface area contributed by atoms with Crippen LogP contribution in [-0.2, 0) is 11.8 Å². The minimum atomic E-state index is -0.728. The van der Waals surface area contributed by atoms with Crippen LogP contribution in [0.4, 0.5) is 20.3 Å². The third kappa shape index (κ3) is 4.61. The fourth-order valence-corrected chi connectivity index (χ4v) is 5.16. The number of nitrogens with one attached hydrogen (secondary N) is 1. The minimum absolute atomic E-state index is 0.0616. The van der Waals surface area contributed by atoms with Crippen LogP contribution in [-0.4, -0.2) is 53.0 Å². The topological polar surface area (TPSA) is 98.3 Å². The zero-order valence-electron chi connectivity index (χ0n) is 18.6. The van der Waals surface area contributed by atoms with E-state index in [1.54, 1.807) is 25.0 Å². The molecule has 3 atom stereocenters. The lowest BCUT2D eigenvalue weighted by Gasteiger charge is -2.28. The van der Waals surface area contributed by atoms with E-state index in [9.17, 15) is 13.6 Å². The summed E-state index contributed by atoms with van der Waals surface area (Å²) in [5.41, 5.74) is 6.64. The summed E-state index contributed by atoms with van der Waals surface area (Å²) >= 11 is 1.00. The number of aryl methyl sites for hydroxylation is 1. The van der Waals surface area contributed by atoms with Crippen LogP contribution in [0.2, 0.25) is 0 Å². The molecule has 1 saturated heterocycles. The number of anilines is 2. The molecule has 0 aliphatic carbocycles. The Morgan fingerprint density at radius 3 is 2.76 bits per heavy atom. The second-order valence-electron chi connectivity index (χ2n) is 8.17. The van der Waals surface area contributed by atoms with Crippen LogP contribution in [0, 0.1) is 17.6 Å². The number of hydrogen-bond acceptors (Lipinski definition) is 7. The van der Waals surface area contributed by atoms with Crippen LogP contribution in [0.1, 0.15) is 23.8 Å². The highest BCUT2D eigenvalue weighted by Gasteiger charge is 2.32. The number of carbonyl (C=O) groups is 1. The number of thiazole rings is 1. The van der Waals surface area contributed by atoms with Crippen molar-refractivity contribution in [3.8, 4) is 10.6 Å². The molecular formula is C22H26F2N6O2S. The quantitative estimate of drug-likeness (QED) is 0.587. The van der Waals surface area contributed by atoms with E-state index in [0.29, 0.717) is 18.8 Å². The van der Waals surface area contributed by atoms with E-state index in [0.717, 1.165) is 35.7 Å². The van der Waals surface area contributed by atoms with Crippen LogP contribution in [0.15, 0.2) is 29.8 Å². The molecule has 1 aliphatic rings. The lowest BCUT2D eigenvalue weighted by Crippen LogP contribution is -2.40. The van der Waals surface area contributed by atoms with Crippen molar-refractivity contribution in [2.24, 2.45) is 18.7 Å². The minimum Gasteiger partial charge on any atom is -0.379 e. The van der Waals surface area contributed by atoms with Crippen LogP contribution in [0.25, 0.3) is 10.6 Å². The third-order valence-corrected chi connectivity index (χ3v) is 6.72. The molecule has 0 saturated carbocycles. The van der Waals surface area contributed by atoms with Crippen LogP contribution >= 0.6 is 11.3 Å². The molecule has 1 amide bonds. The number of nitrogens with zero attached hydrogens (tertiary/aromatic N) is 4. The molecule has 3 heterocycles. The molecule has 11 heteroatoms. The van der Waals surface area contributed by atoms with Gasteiger partial charge in [-0.15, -0.1) is 11.3 Å². The second-order valence-corrected chi connectivity index (χ2v) is 9.03. The first-order chi connectivity index (χ1) is 15.8. The van der Waals surface area contributed by atoms with Crippen molar-refractivity contribution in [2.45, 2.75) is 25.5 Å². The zero-order chi connectivity index (χ0) is 23.7. The van der Waals surface area contributed by atoms with Gasteiger partial charge in [0.05, 0.1) is 17.9 Å². The van der Waals surface area contributed by atoms with Gasteiger partial charge in [-0.2, -0.15) is 5.10 Å². The molecule has 0 radical (unpaired) electrons. The van der Waals surface area contributed by atoms with E-state index >= 15 is 0 Å². The Kier molecular flexibility index (Phi) is 6.73. The molecular weight excluding hydrogens is 450 g/mol.